The van der Waals surface area contributed by atoms with Crippen LogP contribution in [0.3, 0.4) is 0 Å². The molecule has 0 rings (SSSR count). The van der Waals surface area contributed by atoms with Crippen molar-refractivity contribution in [3.8, 4) is 0 Å². The largest absolute Gasteiger partial charge is 0.316 e. The second-order valence-electron chi connectivity index (χ2n) is 4.09. The molecule has 12 heavy (non-hydrogen) atoms. The van der Waals surface area contributed by atoms with Crippen LogP contribution in [-0.4, -0.2) is 13.1 Å². The van der Waals surface area contributed by atoms with E-state index in [0.29, 0.717) is 5.41 Å². The summed E-state index contributed by atoms with van der Waals surface area (Å²) >= 11 is 0. The lowest BCUT2D eigenvalue weighted by atomic mass is 9.83. The lowest BCUT2D eigenvalue weighted by molar-refractivity contribution is 0.267. The maximum Gasteiger partial charge on any atom is 0.000505 e. The summed E-state index contributed by atoms with van der Waals surface area (Å²) in [6.07, 6.45) is 5.18. The van der Waals surface area contributed by atoms with Crippen LogP contribution in [0.2, 0.25) is 0 Å². The second-order valence-corrected chi connectivity index (χ2v) is 4.09. The quantitative estimate of drug-likeness (QED) is 0.580. The van der Waals surface area contributed by atoms with Crippen molar-refractivity contribution in [1.82, 2.24) is 5.32 Å². The summed E-state index contributed by atoms with van der Waals surface area (Å²) in [4.78, 5) is 0. The molecule has 1 N–H and O–H groups in total. The molecular weight excluding hydrogens is 146 g/mol. The molecule has 0 bridgehead atoms. The zero-order chi connectivity index (χ0) is 9.45. The van der Waals surface area contributed by atoms with E-state index >= 15 is 0 Å². The van der Waals surface area contributed by atoms with E-state index in [1.807, 2.05) is 0 Å². The Morgan fingerprint density at radius 2 is 1.75 bits per heavy atom. The van der Waals surface area contributed by atoms with Crippen molar-refractivity contribution < 1.29 is 0 Å². The smallest absolute Gasteiger partial charge is 0.000505 e. The normalized spacial score (nSPS) is 16.0. The van der Waals surface area contributed by atoms with Crippen LogP contribution >= 0.6 is 0 Å². The second kappa shape index (κ2) is 6.47. The fourth-order valence-electron chi connectivity index (χ4n) is 1.56. The summed E-state index contributed by atoms with van der Waals surface area (Å²) in [7, 11) is 0. The molecule has 0 heterocycles. The van der Waals surface area contributed by atoms with Gasteiger partial charge in [0.1, 0.15) is 0 Å². The molecule has 0 aromatic carbocycles. The van der Waals surface area contributed by atoms with Crippen molar-refractivity contribution in [3.05, 3.63) is 0 Å². The average molecular weight is 171 g/mol. The fraction of sp³-hybridized carbons (Fsp3) is 1.00. The Balaban J connectivity index is 3.63. The molecule has 0 radical (unpaired) electrons. The van der Waals surface area contributed by atoms with Crippen molar-refractivity contribution in [2.45, 2.75) is 53.4 Å². The van der Waals surface area contributed by atoms with Gasteiger partial charge in [0.2, 0.25) is 0 Å². The number of rotatable bonds is 7. The summed E-state index contributed by atoms with van der Waals surface area (Å²) in [5, 5.41) is 3.51. The minimum absolute atomic E-state index is 0.532. The van der Waals surface area contributed by atoms with Crippen molar-refractivity contribution in [2.75, 3.05) is 13.1 Å². The molecule has 0 aliphatic rings. The third-order valence-corrected chi connectivity index (χ3v) is 2.69. The van der Waals surface area contributed by atoms with Gasteiger partial charge in [-0.3, -0.25) is 0 Å². The van der Waals surface area contributed by atoms with Crippen molar-refractivity contribution in [2.24, 2.45) is 5.41 Å². The van der Waals surface area contributed by atoms with Gasteiger partial charge >= 0.3 is 0 Å². The van der Waals surface area contributed by atoms with E-state index in [2.05, 4.69) is 33.0 Å². The summed E-state index contributed by atoms with van der Waals surface area (Å²) in [5.74, 6) is 0. The van der Waals surface area contributed by atoms with E-state index in [1.54, 1.807) is 0 Å². The highest BCUT2D eigenvalue weighted by atomic mass is 14.9. The van der Waals surface area contributed by atoms with Gasteiger partial charge in [-0.05, 0) is 31.2 Å². The van der Waals surface area contributed by atoms with E-state index in [1.165, 1.54) is 38.8 Å². The summed E-state index contributed by atoms with van der Waals surface area (Å²) in [5.41, 5.74) is 0.532. The van der Waals surface area contributed by atoms with Crippen LogP contribution in [0.5, 0.6) is 0 Å². The van der Waals surface area contributed by atoms with Crippen LogP contribution in [0.25, 0.3) is 0 Å². The summed E-state index contributed by atoms with van der Waals surface area (Å²) in [6.45, 7) is 11.5. The van der Waals surface area contributed by atoms with Crippen LogP contribution in [0.15, 0.2) is 0 Å². The Labute approximate surface area is 77.9 Å². The topological polar surface area (TPSA) is 12.0 Å². The first-order valence-electron chi connectivity index (χ1n) is 5.39. The monoisotopic (exact) mass is 171 g/mol. The van der Waals surface area contributed by atoms with E-state index in [4.69, 9.17) is 0 Å². The van der Waals surface area contributed by atoms with Crippen molar-refractivity contribution in [1.29, 1.82) is 0 Å². The molecular formula is C11H25N. The van der Waals surface area contributed by atoms with E-state index in [-0.39, 0.29) is 0 Å². The van der Waals surface area contributed by atoms with Crippen LogP contribution < -0.4 is 5.32 Å². The Morgan fingerprint density at radius 3 is 2.17 bits per heavy atom. The predicted octanol–water partition coefficient (Wildman–Crippen LogP) is 3.20. The molecule has 0 aliphatic heterocycles. The molecule has 0 aliphatic carbocycles. The molecule has 1 atom stereocenters. The van der Waals surface area contributed by atoms with E-state index in [0.717, 1.165) is 0 Å². The van der Waals surface area contributed by atoms with Gasteiger partial charge in [0.15, 0.2) is 0 Å². The zero-order valence-corrected chi connectivity index (χ0v) is 9.24. The zero-order valence-electron chi connectivity index (χ0n) is 9.24. The predicted molar refractivity (Wildman–Crippen MR) is 56.5 cm³/mol. The van der Waals surface area contributed by atoms with Gasteiger partial charge in [-0.15, -0.1) is 0 Å². The summed E-state index contributed by atoms with van der Waals surface area (Å²) < 4.78 is 0. The highest BCUT2D eigenvalue weighted by Gasteiger charge is 2.19. The van der Waals surface area contributed by atoms with Gasteiger partial charge in [0.25, 0.3) is 0 Å². The SMILES string of the molecule is CCCNCC(C)(CC)CCC. The molecule has 0 spiro atoms. The van der Waals surface area contributed by atoms with Gasteiger partial charge in [-0.2, -0.15) is 0 Å². The highest BCUT2D eigenvalue weighted by Crippen LogP contribution is 2.25. The Morgan fingerprint density at radius 1 is 1.08 bits per heavy atom. The minimum atomic E-state index is 0.532. The Kier molecular flexibility index (Phi) is 6.45. The maximum atomic E-state index is 3.51. The Bertz CT molecular complexity index is 101. The molecule has 0 saturated heterocycles. The first-order chi connectivity index (χ1) is 5.68. The molecule has 0 amide bonds. The van der Waals surface area contributed by atoms with Gasteiger partial charge in [-0.1, -0.05) is 34.1 Å². The number of nitrogens with one attached hydrogen (secondary N) is 1. The molecule has 0 aromatic rings. The van der Waals surface area contributed by atoms with Gasteiger partial charge in [0.05, 0.1) is 0 Å². The van der Waals surface area contributed by atoms with Crippen molar-refractivity contribution in [3.63, 3.8) is 0 Å². The van der Waals surface area contributed by atoms with Gasteiger partial charge in [0, 0.05) is 6.54 Å². The average Bonchev–Trinajstić information content (AvgIpc) is 2.06. The third kappa shape index (κ3) is 4.76. The third-order valence-electron chi connectivity index (χ3n) is 2.69. The minimum Gasteiger partial charge on any atom is -0.316 e. The number of hydrogen-bond donors (Lipinski definition) is 1. The molecule has 74 valence electrons. The highest BCUT2D eigenvalue weighted by molar-refractivity contribution is 4.74. The van der Waals surface area contributed by atoms with Gasteiger partial charge < -0.3 is 5.32 Å². The molecule has 1 unspecified atom stereocenters. The van der Waals surface area contributed by atoms with E-state index in [9.17, 15) is 0 Å². The van der Waals surface area contributed by atoms with Crippen LogP contribution in [0.4, 0.5) is 0 Å². The van der Waals surface area contributed by atoms with Crippen molar-refractivity contribution >= 4 is 0 Å². The first kappa shape index (κ1) is 12.0. The van der Waals surface area contributed by atoms with Gasteiger partial charge in [-0.25, -0.2) is 0 Å². The lowest BCUT2D eigenvalue weighted by Gasteiger charge is -2.28. The Hall–Kier alpha value is -0.0400. The van der Waals surface area contributed by atoms with Crippen LogP contribution in [0.1, 0.15) is 53.4 Å². The van der Waals surface area contributed by atoms with Crippen LogP contribution in [-0.2, 0) is 0 Å². The van der Waals surface area contributed by atoms with E-state index < -0.39 is 0 Å². The molecule has 1 heteroatoms. The summed E-state index contributed by atoms with van der Waals surface area (Å²) in [6, 6.07) is 0. The standard InChI is InChI=1S/C11H25N/c1-5-8-11(4,7-3)10-12-9-6-2/h12H,5-10H2,1-4H3. The molecule has 0 fully saturated rings. The molecule has 0 aromatic heterocycles. The fourth-order valence-corrected chi connectivity index (χ4v) is 1.56. The number of hydrogen-bond acceptors (Lipinski definition) is 1. The molecule has 1 nitrogen and oxygen atoms in total. The maximum absolute atomic E-state index is 3.51. The molecule has 0 saturated carbocycles. The lowest BCUT2D eigenvalue weighted by Crippen LogP contribution is -2.31. The van der Waals surface area contributed by atoms with Crippen LogP contribution in [0, 0.1) is 5.41 Å². The first-order valence-corrected chi connectivity index (χ1v) is 5.39.